The molecule has 4 nitrogen and oxygen atoms in total. The first-order valence-corrected chi connectivity index (χ1v) is 5.59. The number of hydrogen-bond donors (Lipinski definition) is 2. The van der Waals surface area contributed by atoms with Gasteiger partial charge in [0.25, 0.3) is 0 Å². The number of aromatic nitrogens is 1. The Labute approximate surface area is 101 Å². The van der Waals surface area contributed by atoms with Crippen molar-refractivity contribution in [3.63, 3.8) is 0 Å². The normalized spacial score (nSPS) is 10.5. The van der Waals surface area contributed by atoms with Crippen LogP contribution < -0.4 is 10.1 Å². The third kappa shape index (κ3) is 2.58. The zero-order chi connectivity index (χ0) is 12.3. The minimum absolute atomic E-state index is 0. The van der Waals surface area contributed by atoms with Crippen LogP contribution >= 0.6 is 0 Å². The second-order valence-corrected chi connectivity index (χ2v) is 3.96. The standard InChI is InChI=1S/C13H16N2O2.H2/c1-9(16)14-6-5-10-8-15-13-4-3-11(17-2)7-12(10)13;/h3-4,7-8,15H,5-6H2,1-2H3,(H,14,16);1H. The fourth-order valence-corrected chi connectivity index (χ4v) is 1.86. The predicted molar refractivity (Wildman–Crippen MR) is 69.4 cm³/mol. The summed E-state index contributed by atoms with van der Waals surface area (Å²) in [7, 11) is 1.66. The molecule has 0 atom stereocenters. The number of methoxy groups -OCH3 is 1. The Kier molecular flexibility index (Phi) is 3.32. The first-order chi connectivity index (χ1) is 8.20. The number of aromatic amines is 1. The monoisotopic (exact) mass is 234 g/mol. The van der Waals surface area contributed by atoms with Gasteiger partial charge in [-0.2, -0.15) is 0 Å². The highest BCUT2D eigenvalue weighted by molar-refractivity contribution is 5.84. The van der Waals surface area contributed by atoms with Crippen LogP contribution in [0.2, 0.25) is 0 Å². The fourth-order valence-electron chi connectivity index (χ4n) is 1.86. The molecule has 0 aliphatic carbocycles. The van der Waals surface area contributed by atoms with Gasteiger partial charge in [0, 0.05) is 32.0 Å². The van der Waals surface area contributed by atoms with E-state index in [0.717, 1.165) is 23.1 Å². The molecule has 2 N–H and O–H groups in total. The molecule has 0 saturated heterocycles. The van der Waals surface area contributed by atoms with E-state index in [9.17, 15) is 4.79 Å². The quantitative estimate of drug-likeness (QED) is 0.851. The largest absolute Gasteiger partial charge is 0.497 e. The Morgan fingerprint density at radius 1 is 1.53 bits per heavy atom. The van der Waals surface area contributed by atoms with Gasteiger partial charge in [0.15, 0.2) is 0 Å². The molecule has 2 rings (SSSR count). The third-order valence-corrected chi connectivity index (χ3v) is 2.74. The predicted octanol–water partition coefficient (Wildman–Crippen LogP) is 2.10. The van der Waals surface area contributed by atoms with E-state index in [0.29, 0.717) is 6.54 Å². The molecule has 1 heterocycles. The van der Waals surface area contributed by atoms with Crippen molar-refractivity contribution in [2.45, 2.75) is 13.3 Å². The van der Waals surface area contributed by atoms with E-state index < -0.39 is 0 Å². The Hall–Kier alpha value is -1.97. The van der Waals surface area contributed by atoms with Crippen LogP contribution in [0, 0.1) is 0 Å². The zero-order valence-corrected chi connectivity index (χ0v) is 10.0. The maximum atomic E-state index is 10.8. The summed E-state index contributed by atoms with van der Waals surface area (Å²) in [5.41, 5.74) is 2.27. The average Bonchev–Trinajstić information content (AvgIpc) is 2.71. The van der Waals surface area contributed by atoms with E-state index in [1.807, 2.05) is 24.4 Å². The number of ether oxygens (including phenoxy) is 1. The third-order valence-electron chi connectivity index (χ3n) is 2.74. The van der Waals surface area contributed by atoms with Crippen molar-refractivity contribution >= 4 is 16.8 Å². The molecule has 0 bridgehead atoms. The highest BCUT2D eigenvalue weighted by Gasteiger charge is 2.05. The lowest BCUT2D eigenvalue weighted by Crippen LogP contribution is -2.22. The number of carbonyl (C=O) groups excluding carboxylic acids is 1. The minimum Gasteiger partial charge on any atom is -0.497 e. The first-order valence-electron chi connectivity index (χ1n) is 5.59. The molecular formula is C13H18N2O2. The summed E-state index contributed by atoms with van der Waals surface area (Å²) in [5.74, 6) is 0.847. The molecule has 0 aliphatic heterocycles. The van der Waals surface area contributed by atoms with Crippen LogP contribution in [0.1, 0.15) is 13.9 Å². The maximum absolute atomic E-state index is 10.8. The van der Waals surface area contributed by atoms with Crippen molar-refractivity contribution in [3.8, 4) is 5.75 Å². The average molecular weight is 234 g/mol. The van der Waals surface area contributed by atoms with E-state index in [4.69, 9.17) is 4.74 Å². The Morgan fingerprint density at radius 2 is 2.35 bits per heavy atom. The molecule has 0 spiro atoms. The highest BCUT2D eigenvalue weighted by Crippen LogP contribution is 2.23. The molecule has 1 amide bonds. The molecular weight excluding hydrogens is 216 g/mol. The van der Waals surface area contributed by atoms with Gasteiger partial charge >= 0.3 is 0 Å². The van der Waals surface area contributed by atoms with Crippen LogP contribution in [0.25, 0.3) is 10.9 Å². The van der Waals surface area contributed by atoms with Crippen molar-refractivity contribution in [1.82, 2.24) is 10.3 Å². The lowest BCUT2D eigenvalue weighted by Gasteiger charge is -2.03. The van der Waals surface area contributed by atoms with Crippen molar-refractivity contribution in [1.29, 1.82) is 0 Å². The van der Waals surface area contributed by atoms with Gasteiger partial charge in [-0.15, -0.1) is 0 Å². The molecule has 0 radical (unpaired) electrons. The molecule has 92 valence electrons. The lowest BCUT2D eigenvalue weighted by atomic mass is 10.1. The number of rotatable bonds is 4. The number of amides is 1. The number of benzene rings is 1. The van der Waals surface area contributed by atoms with Gasteiger partial charge in [-0.25, -0.2) is 0 Å². The maximum Gasteiger partial charge on any atom is 0.216 e. The number of fused-ring (bicyclic) bond motifs is 1. The number of nitrogens with one attached hydrogen (secondary N) is 2. The van der Waals surface area contributed by atoms with Crippen LogP contribution in [0.15, 0.2) is 24.4 Å². The van der Waals surface area contributed by atoms with Crippen LogP contribution in [0.5, 0.6) is 5.75 Å². The van der Waals surface area contributed by atoms with Gasteiger partial charge in [0.2, 0.25) is 5.91 Å². The smallest absolute Gasteiger partial charge is 0.216 e. The van der Waals surface area contributed by atoms with E-state index >= 15 is 0 Å². The van der Waals surface area contributed by atoms with Crippen LogP contribution in [0.4, 0.5) is 0 Å². The number of H-pyrrole nitrogens is 1. The van der Waals surface area contributed by atoms with Crippen molar-refractivity contribution in [3.05, 3.63) is 30.0 Å². The Bertz CT molecular complexity index is 537. The highest BCUT2D eigenvalue weighted by atomic mass is 16.5. The van der Waals surface area contributed by atoms with Gasteiger partial charge in [-0.1, -0.05) is 0 Å². The van der Waals surface area contributed by atoms with Gasteiger partial charge in [-0.05, 0) is 30.2 Å². The van der Waals surface area contributed by atoms with Crippen LogP contribution in [-0.4, -0.2) is 24.5 Å². The molecule has 2 aromatic rings. The second kappa shape index (κ2) is 4.91. The van der Waals surface area contributed by atoms with E-state index in [1.54, 1.807) is 7.11 Å². The van der Waals surface area contributed by atoms with Crippen LogP contribution in [-0.2, 0) is 11.2 Å². The van der Waals surface area contributed by atoms with Gasteiger partial charge in [-0.3, -0.25) is 4.79 Å². The van der Waals surface area contributed by atoms with Crippen LogP contribution in [0.3, 0.4) is 0 Å². The van der Waals surface area contributed by atoms with Crippen molar-refractivity contribution in [2.24, 2.45) is 0 Å². The summed E-state index contributed by atoms with van der Waals surface area (Å²) in [6.45, 7) is 2.18. The summed E-state index contributed by atoms with van der Waals surface area (Å²) in [6.07, 6.45) is 2.79. The zero-order valence-electron chi connectivity index (χ0n) is 10.0. The molecule has 0 aliphatic rings. The van der Waals surface area contributed by atoms with E-state index in [2.05, 4.69) is 10.3 Å². The SMILES string of the molecule is COc1ccc2[nH]cc(CCNC(C)=O)c2c1.[HH]. The Balaban J connectivity index is 0.00000162. The molecule has 0 saturated carbocycles. The summed E-state index contributed by atoms with van der Waals surface area (Å²) in [6, 6.07) is 5.93. The molecule has 1 aromatic carbocycles. The summed E-state index contributed by atoms with van der Waals surface area (Å²) in [5, 5.41) is 3.94. The topological polar surface area (TPSA) is 54.1 Å². The van der Waals surface area contributed by atoms with E-state index in [1.165, 1.54) is 12.5 Å². The molecule has 17 heavy (non-hydrogen) atoms. The number of hydrogen-bond acceptors (Lipinski definition) is 2. The van der Waals surface area contributed by atoms with Gasteiger partial charge < -0.3 is 15.0 Å². The summed E-state index contributed by atoms with van der Waals surface area (Å²) >= 11 is 0. The fraction of sp³-hybridized carbons (Fsp3) is 0.308. The second-order valence-electron chi connectivity index (χ2n) is 3.96. The summed E-state index contributed by atoms with van der Waals surface area (Å²) < 4.78 is 5.21. The minimum atomic E-state index is 0. The van der Waals surface area contributed by atoms with E-state index in [-0.39, 0.29) is 7.33 Å². The van der Waals surface area contributed by atoms with Gasteiger partial charge in [0.05, 0.1) is 7.11 Å². The Morgan fingerprint density at radius 3 is 3.06 bits per heavy atom. The van der Waals surface area contributed by atoms with Crippen molar-refractivity contribution < 1.29 is 11.0 Å². The molecule has 4 heteroatoms. The summed E-state index contributed by atoms with van der Waals surface area (Å²) in [4.78, 5) is 14.0. The number of carbonyl (C=O) groups is 1. The van der Waals surface area contributed by atoms with Gasteiger partial charge in [0.1, 0.15) is 5.75 Å². The first kappa shape index (κ1) is 11.5. The molecule has 1 aromatic heterocycles. The lowest BCUT2D eigenvalue weighted by molar-refractivity contribution is -0.118. The molecule has 0 unspecified atom stereocenters. The molecule has 0 fully saturated rings. The van der Waals surface area contributed by atoms with Crippen molar-refractivity contribution in [2.75, 3.05) is 13.7 Å².